The van der Waals surface area contributed by atoms with Crippen molar-refractivity contribution in [3.05, 3.63) is 91.0 Å². The molecule has 0 aliphatic heterocycles. The second kappa shape index (κ2) is 15.1. The average molecular weight is 424 g/mol. The van der Waals surface area contributed by atoms with Gasteiger partial charge in [0, 0.05) is 17.1 Å². The predicted molar refractivity (Wildman–Crippen MR) is 119 cm³/mol. The summed E-state index contributed by atoms with van der Waals surface area (Å²) in [5.74, 6) is 0. The normalized spacial score (nSPS) is 8.64. The van der Waals surface area contributed by atoms with Crippen molar-refractivity contribution in [2.75, 3.05) is 4.90 Å². The van der Waals surface area contributed by atoms with Gasteiger partial charge in [0.15, 0.2) is 0 Å². The number of rotatable bonds is 3. The molecule has 3 aromatic carbocycles. The van der Waals surface area contributed by atoms with Crippen LogP contribution in [0.3, 0.4) is 0 Å². The number of anilines is 3. The van der Waals surface area contributed by atoms with Gasteiger partial charge >= 0.3 is 29.6 Å². The number of nitrogens with two attached hydrogens (primary N) is 2. The summed E-state index contributed by atoms with van der Waals surface area (Å²) in [5, 5.41) is -1.28. The Balaban J connectivity index is 0. The molecule has 5 nitrogen and oxygen atoms in total. The summed E-state index contributed by atoms with van der Waals surface area (Å²) in [6.45, 7) is 0. The third-order valence-electron chi connectivity index (χ3n) is 3.04. The smallest absolute Gasteiger partial charge is 1.00 e. The zero-order valence-corrected chi connectivity index (χ0v) is 19.3. The molecule has 0 unspecified atom stereocenters. The van der Waals surface area contributed by atoms with Crippen molar-refractivity contribution in [3.8, 4) is 0 Å². The van der Waals surface area contributed by atoms with Crippen LogP contribution in [0, 0.1) is 0 Å². The molecule has 0 saturated heterocycles. The first-order valence-electron chi connectivity index (χ1n) is 7.84. The standard InChI is InChI=1S/C18H15N.2CH3NOS.Na.H/c1-4-10-16(11-5-1)19(17-12-6-2-7-13-17)18-14-8-3-9-15-18;2*2-1(3)4;;/h1-15H;2*(H3,2,3,4);;/q;;;+1;-1. The van der Waals surface area contributed by atoms with Crippen molar-refractivity contribution < 1.29 is 40.6 Å². The van der Waals surface area contributed by atoms with Crippen LogP contribution in [0.15, 0.2) is 91.0 Å². The number of carbonyl (C=O) groups is 2. The first-order valence-corrected chi connectivity index (χ1v) is 8.73. The topological polar surface area (TPSA) is 89.4 Å². The molecule has 8 heteroatoms. The fraction of sp³-hybridized carbons (Fsp3) is 0. The molecule has 28 heavy (non-hydrogen) atoms. The number of primary amides is 2. The maximum absolute atomic E-state index is 9.09. The van der Waals surface area contributed by atoms with Crippen molar-refractivity contribution in [3.63, 3.8) is 0 Å². The Bertz CT molecular complexity index is 715. The van der Waals surface area contributed by atoms with Crippen LogP contribution in [0.4, 0.5) is 26.7 Å². The molecule has 0 saturated carbocycles. The van der Waals surface area contributed by atoms with Crippen molar-refractivity contribution in [1.29, 1.82) is 0 Å². The monoisotopic (exact) mass is 423 g/mol. The van der Waals surface area contributed by atoms with Crippen LogP contribution in [0.25, 0.3) is 0 Å². The van der Waals surface area contributed by atoms with Gasteiger partial charge in [0.1, 0.15) is 0 Å². The summed E-state index contributed by atoms with van der Waals surface area (Å²) in [6.07, 6.45) is 0. The molecule has 142 valence electrons. The van der Waals surface area contributed by atoms with E-state index in [2.05, 4.69) is 114 Å². The predicted octanol–water partition coefficient (Wildman–Crippen LogP) is 2.26. The van der Waals surface area contributed by atoms with Crippen LogP contribution in [0.1, 0.15) is 1.43 Å². The van der Waals surface area contributed by atoms with Crippen LogP contribution in [0.2, 0.25) is 0 Å². The Hall–Kier alpha value is -1.90. The fourth-order valence-corrected chi connectivity index (χ4v) is 2.18. The minimum Gasteiger partial charge on any atom is -1.00 e. The number of hydrogen-bond acceptors (Lipinski definition) is 3. The van der Waals surface area contributed by atoms with E-state index in [1.54, 1.807) is 0 Å². The van der Waals surface area contributed by atoms with Crippen molar-refractivity contribution in [1.82, 2.24) is 0 Å². The van der Waals surface area contributed by atoms with Gasteiger partial charge < -0.3 is 17.8 Å². The van der Waals surface area contributed by atoms with E-state index in [0.29, 0.717) is 0 Å². The van der Waals surface area contributed by atoms with Gasteiger partial charge in [-0.25, -0.2) is 0 Å². The van der Waals surface area contributed by atoms with Gasteiger partial charge in [-0.3, -0.25) is 9.59 Å². The molecule has 0 spiro atoms. The Morgan fingerprint density at radius 1 is 0.607 bits per heavy atom. The molecule has 0 bridgehead atoms. The van der Waals surface area contributed by atoms with E-state index in [4.69, 9.17) is 9.59 Å². The number of amides is 2. The van der Waals surface area contributed by atoms with Gasteiger partial charge in [0.2, 0.25) is 0 Å². The first-order chi connectivity index (χ1) is 12.9. The second-order valence-corrected chi connectivity index (χ2v) is 5.90. The van der Waals surface area contributed by atoms with Crippen molar-refractivity contribution in [2.45, 2.75) is 0 Å². The summed E-state index contributed by atoms with van der Waals surface area (Å²) in [6, 6.07) is 31.3. The van der Waals surface area contributed by atoms with Crippen LogP contribution >= 0.6 is 25.3 Å². The van der Waals surface area contributed by atoms with E-state index in [1.807, 2.05) is 18.2 Å². The van der Waals surface area contributed by atoms with Crippen LogP contribution in [-0.2, 0) is 0 Å². The summed E-state index contributed by atoms with van der Waals surface area (Å²) >= 11 is 6.21. The van der Waals surface area contributed by atoms with E-state index >= 15 is 0 Å². The molecule has 2 amide bonds. The first kappa shape index (κ1) is 26.1. The maximum Gasteiger partial charge on any atom is 1.00 e. The molecular formula is C20H22N3NaO2S2. The molecule has 0 aliphatic carbocycles. The molecule has 3 rings (SSSR count). The van der Waals surface area contributed by atoms with Gasteiger partial charge in [-0.1, -0.05) is 79.9 Å². The quantitative estimate of drug-likeness (QED) is 0.385. The van der Waals surface area contributed by atoms with Gasteiger partial charge in [0.25, 0.3) is 10.5 Å². The second-order valence-electron chi connectivity index (χ2n) is 5.02. The number of carbonyl (C=O) groups excluding carboxylic acids is 2. The molecule has 0 fully saturated rings. The number of benzene rings is 3. The molecule has 0 radical (unpaired) electrons. The third-order valence-corrected chi connectivity index (χ3v) is 3.04. The zero-order chi connectivity index (χ0) is 20.1. The molecule has 0 atom stereocenters. The fourth-order valence-electron chi connectivity index (χ4n) is 2.18. The number of thiol groups is 2. The van der Waals surface area contributed by atoms with E-state index < -0.39 is 10.5 Å². The van der Waals surface area contributed by atoms with E-state index in [-0.39, 0.29) is 31.0 Å². The van der Waals surface area contributed by atoms with Crippen molar-refractivity contribution >= 4 is 52.8 Å². The minimum absolute atomic E-state index is 0. The van der Waals surface area contributed by atoms with Gasteiger partial charge in [-0.2, -0.15) is 0 Å². The van der Waals surface area contributed by atoms with E-state index in [1.165, 1.54) is 17.1 Å². The largest absolute Gasteiger partial charge is 1.00 e. The Morgan fingerprint density at radius 2 is 0.786 bits per heavy atom. The molecule has 4 N–H and O–H groups in total. The maximum atomic E-state index is 9.09. The average Bonchev–Trinajstić information content (AvgIpc) is 2.64. The molecular weight excluding hydrogens is 401 g/mol. The van der Waals surface area contributed by atoms with Crippen LogP contribution < -0.4 is 45.9 Å². The summed E-state index contributed by atoms with van der Waals surface area (Å²) < 4.78 is 0. The minimum atomic E-state index is -0.639. The third kappa shape index (κ3) is 11.1. The number of para-hydroxylation sites is 3. The molecule has 0 heterocycles. The Kier molecular flexibility index (Phi) is 14.0. The van der Waals surface area contributed by atoms with Crippen LogP contribution in [-0.4, -0.2) is 10.5 Å². The summed E-state index contributed by atoms with van der Waals surface area (Å²) in [7, 11) is 0. The van der Waals surface area contributed by atoms with Gasteiger partial charge in [0.05, 0.1) is 0 Å². The van der Waals surface area contributed by atoms with Gasteiger partial charge in [-0.15, -0.1) is 0 Å². The van der Waals surface area contributed by atoms with Gasteiger partial charge in [-0.05, 0) is 36.4 Å². The molecule has 0 aromatic heterocycles. The SMILES string of the molecule is NC(=O)S.NC(=O)S.[H-].[Na+].c1ccc(N(c2ccccc2)c2ccccc2)cc1. The molecule has 3 aromatic rings. The summed E-state index contributed by atoms with van der Waals surface area (Å²) in [5.41, 5.74) is 12.2. The number of nitrogens with zero attached hydrogens (tertiary/aromatic N) is 1. The van der Waals surface area contributed by atoms with Crippen LogP contribution in [0.5, 0.6) is 0 Å². The number of hydrogen-bond donors (Lipinski definition) is 4. The Morgan fingerprint density at radius 3 is 0.964 bits per heavy atom. The van der Waals surface area contributed by atoms with Crippen molar-refractivity contribution in [2.24, 2.45) is 11.5 Å². The molecule has 0 aliphatic rings. The van der Waals surface area contributed by atoms with E-state index in [9.17, 15) is 0 Å². The zero-order valence-electron chi connectivity index (χ0n) is 16.5. The summed E-state index contributed by atoms with van der Waals surface area (Å²) in [4.78, 5) is 20.4. The Labute approximate surface area is 199 Å². The van der Waals surface area contributed by atoms with E-state index in [0.717, 1.165) is 0 Å².